The number of amides is 1. The second-order valence-electron chi connectivity index (χ2n) is 4.03. The lowest BCUT2D eigenvalue weighted by Gasteiger charge is -2.19. The summed E-state index contributed by atoms with van der Waals surface area (Å²) in [5.74, 6) is -0.0318. The molecule has 0 saturated carbocycles. The molecule has 19 heavy (non-hydrogen) atoms. The highest BCUT2D eigenvalue weighted by Crippen LogP contribution is 2.34. The fourth-order valence-corrected chi connectivity index (χ4v) is 2.86. The summed E-state index contributed by atoms with van der Waals surface area (Å²) in [6.07, 6.45) is 1.07. The second-order valence-corrected chi connectivity index (χ2v) is 6.23. The molecule has 2 rings (SSSR count). The molecule has 1 unspecified atom stereocenters. The first-order valence-corrected chi connectivity index (χ1v) is 7.33. The molecule has 1 aromatic rings. The van der Waals surface area contributed by atoms with Crippen molar-refractivity contribution in [2.75, 3.05) is 23.8 Å². The number of rotatable bonds is 3. The van der Waals surface area contributed by atoms with Crippen LogP contribution in [0.15, 0.2) is 6.33 Å². The van der Waals surface area contributed by atoms with E-state index >= 15 is 0 Å². The van der Waals surface area contributed by atoms with Gasteiger partial charge in [0.2, 0.25) is 15.9 Å². The number of nitrogens with two attached hydrogens (primary N) is 1. The van der Waals surface area contributed by atoms with Crippen LogP contribution in [0.4, 0.5) is 11.5 Å². The van der Waals surface area contributed by atoms with Crippen LogP contribution in [-0.2, 0) is 14.8 Å². The number of nitrogens with zero attached hydrogens (tertiary/aromatic N) is 3. The third-order valence-electron chi connectivity index (χ3n) is 2.84. The van der Waals surface area contributed by atoms with Crippen LogP contribution in [0.25, 0.3) is 0 Å². The van der Waals surface area contributed by atoms with Crippen molar-refractivity contribution in [2.45, 2.75) is 11.7 Å². The van der Waals surface area contributed by atoms with Gasteiger partial charge in [-0.15, -0.1) is 0 Å². The lowest BCUT2D eigenvalue weighted by Crippen LogP contribution is -2.32. The largest absolute Gasteiger partial charge is 0.371 e. The van der Waals surface area contributed by atoms with Crippen LogP contribution in [0, 0.1) is 0 Å². The average molecular weight is 306 g/mol. The highest BCUT2D eigenvalue weighted by Gasteiger charge is 2.39. The summed E-state index contributed by atoms with van der Waals surface area (Å²) < 4.78 is 22.6. The molecule has 1 atom stereocenters. The normalized spacial score (nSPS) is 19.8. The minimum atomic E-state index is -3.78. The van der Waals surface area contributed by atoms with E-state index in [0.29, 0.717) is 5.82 Å². The topological polar surface area (TPSA) is 118 Å². The van der Waals surface area contributed by atoms with E-state index in [-0.39, 0.29) is 29.7 Å². The van der Waals surface area contributed by atoms with E-state index < -0.39 is 15.3 Å². The maximum atomic E-state index is 11.9. The summed E-state index contributed by atoms with van der Waals surface area (Å²) in [7, 11) is -2.16. The molecule has 104 valence electrons. The molecule has 8 nitrogen and oxygen atoms in total. The molecule has 1 aliphatic rings. The molecule has 1 fully saturated rings. The number of carbonyl (C=O) groups is 1. The predicted molar refractivity (Wildman–Crippen MR) is 70.5 cm³/mol. The van der Waals surface area contributed by atoms with E-state index in [1.54, 1.807) is 7.05 Å². The van der Waals surface area contributed by atoms with Crippen LogP contribution < -0.4 is 15.4 Å². The number of anilines is 2. The summed E-state index contributed by atoms with van der Waals surface area (Å²) in [5, 5.41) is 6.97. The molecule has 1 amide bonds. The van der Waals surface area contributed by atoms with E-state index in [2.05, 4.69) is 15.3 Å². The maximum Gasteiger partial charge on any atom is 0.228 e. The van der Waals surface area contributed by atoms with E-state index in [1.807, 2.05) is 0 Å². The zero-order chi connectivity index (χ0) is 14.2. The molecule has 0 aromatic carbocycles. The molecule has 0 spiro atoms. The quantitative estimate of drug-likeness (QED) is 0.731. The average Bonchev–Trinajstić information content (AvgIpc) is 2.70. The molecule has 2 heterocycles. The predicted octanol–water partition coefficient (Wildman–Crippen LogP) is -0.434. The van der Waals surface area contributed by atoms with Gasteiger partial charge >= 0.3 is 0 Å². The first-order valence-electron chi connectivity index (χ1n) is 5.34. The Morgan fingerprint density at radius 1 is 1.53 bits per heavy atom. The highest BCUT2D eigenvalue weighted by atomic mass is 35.5. The standard InChI is InChI=1S/C9H12ClN5O3S/c1-12-9-7(8(10)13-4-14-9)15-3-5(2-6(15)16)19(11,17)18/h4-5H,2-3H2,1H3,(H2,11,17,18)(H,12,13,14). The summed E-state index contributed by atoms with van der Waals surface area (Å²) in [6.45, 7) is -0.0561. The van der Waals surface area contributed by atoms with Crippen molar-refractivity contribution >= 4 is 39.0 Å². The smallest absolute Gasteiger partial charge is 0.228 e. The van der Waals surface area contributed by atoms with Crippen molar-refractivity contribution < 1.29 is 13.2 Å². The molecular weight excluding hydrogens is 294 g/mol. The minimum absolute atomic E-state index is 0.0561. The fraction of sp³-hybridized carbons (Fsp3) is 0.444. The number of aromatic nitrogens is 2. The number of primary sulfonamides is 1. The first kappa shape index (κ1) is 14.0. The number of halogens is 1. The van der Waals surface area contributed by atoms with E-state index in [0.717, 1.165) is 0 Å². The van der Waals surface area contributed by atoms with Crippen LogP contribution in [-0.4, -0.2) is 43.1 Å². The van der Waals surface area contributed by atoms with Gasteiger partial charge in [-0.1, -0.05) is 11.6 Å². The Kier molecular flexibility index (Phi) is 3.61. The van der Waals surface area contributed by atoms with Gasteiger partial charge in [0.25, 0.3) is 0 Å². The Morgan fingerprint density at radius 3 is 2.74 bits per heavy atom. The number of nitrogens with one attached hydrogen (secondary N) is 1. The van der Waals surface area contributed by atoms with E-state index in [4.69, 9.17) is 16.7 Å². The molecule has 0 aliphatic carbocycles. The lowest BCUT2D eigenvalue weighted by atomic mass is 10.4. The van der Waals surface area contributed by atoms with E-state index in [1.165, 1.54) is 11.2 Å². The van der Waals surface area contributed by atoms with Crippen molar-refractivity contribution in [2.24, 2.45) is 5.14 Å². The maximum absolute atomic E-state index is 11.9. The number of hydrogen-bond donors (Lipinski definition) is 2. The molecule has 0 bridgehead atoms. The minimum Gasteiger partial charge on any atom is -0.371 e. The Balaban J connectivity index is 2.41. The van der Waals surface area contributed by atoms with Gasteiger partial charge in [-0.05, 0) is 0 Å². The summed E-state index contributed by atoms with van der Waals surface area (Å²) in [4.78, 5) is 20.9. The van der Waals surface area contributed by atoms with Crippen molar-refractivity contribution in [3.8, 4) is 0 Å². The Hall–Kier alpha value is -1.45. The summed E-state index contributed by atoms with van der Waals surface area (Å²) >= 11 is 5.95. The number of hydrogen-bond acceptors (Lipinski definition) is 6. The molecule has 0 radical (unpaired) electrons. The van der Waals surface area contributed by atoms with Gasteiger partial charge in [0.05, 0.1) is 0 Å². The molecule has 1 aromatic heterocycles. The monoisotopic (exact) mass is 305 g/mol. The molecule has 1 saturated heterocycles. The van der Waals surface area contributed by atoms with Gasteiger partial charge in [0.1, 0.15) is 17.3 Å². The van der Waals surface area contributed by atoms with Crippen LogP contribution in [0.3, 0.4) is 0 Å². The Bertz CT molecular complexity index is 620. The number of sulfonamides is 1. The number of carbonyl (C=O) groups excluding carboxylic acids is 1. The third kappa shape index (κ3) is 2.62. The zero-order valence-corrected chi connectivity index (χ0v) is 11.6. The summed E-state index contributed by atoms with van der Waals surface area (Å²) in [6, 6.07) is 0. The van der Waals surface area contributed by atoms with Crippen molar-refractivity contribution in [3.63, 3.8) is 0 Å². The van der Waals surface area contributed by atoms with Gasteiger partial charge in [0, 0.05) is 20.0 Å². The molecule has 10 heteroatoms. The van der Waals surface area contributed by atoms with Gasteiger partial charge in [0.15, 0.2) is 11.0 Å². The highest BCUT2D eigenvalue weighted by molar-refractivity contribution is 7.89. The second kappa shape index (κ2) is 4.91. The van der Waals surface area contributed by atoms with Crippen LogP contribution in [0.2, 0.25) is 5.15 Å². The van der Waals surface area contributed by atoms with Crippen molar-refractivity contribution in [1.82, 2.24) is 9.97 Å². The Labute approximate surface area is 115 Å². The van der Waals surface area contributed by atoms with Crippen LogP contribution >= 0.6 is 11.6 Å². The van der Waals surface area contributed by atoms with Gasteiger partial charge in [-0.3, -0.25) is 4.79 Å². The zero-order valence-electron chi connectivity index (χ0n) is 10.00. The lowest BCUT2D eigenvalue weighted by molar-refractivity contribution is -0.117. The van der Waals surface area contributed by atoms with Gasteiger partial charge in [-0.2, -0.15) is 0 Å². The Morgan fingerprint density at radius 2 is 2.21 bits per heavy atom. The fourth-order valence-electron chi connectivity index (χ4n) is 1.89. The molecule has 1 aliphatic heterocycles. The van der Waals surface area contributed by atoms with Gasteiger partial charge < -0.3 is 10.2 Å². The van der Waals surface area contributed by atoms with Crippen molar-refractivity contribution in [1.29, 1.82) is 0 Å². The summed E-state index contributed by atoms with van der Waals surface area (Å²) in [5.41, 5.74) is 0.266. The van der Waals surface area contributed by atoms with Crippen LogP contribution in [0.1, 0.15) is 6.42 Å². The third-order valence-corrected chi connectivity index (χ3v) is 4.36. The first-order chi connectivity index (χ1) is 8.84. The van der Waals surface area contributed by atoms with Gasteiger partial charge in [-0.25, -0.2) is 23.5 Å². The molecular formula is C9H12ClN5O3S. The van der Waals surface area contributed by atoms with E-state index in [9.17, 15) is 13.2 Å². The van der Waals surface area contributed by atoms with Crippen molar-refractivity contribution in [3.05, 3.63) is 11.5 Å². The SMILES string of the molecule is CNc1ncnc(Cl)c1N1CC(S(N)(=O)=O)CC1=O. The molecule has 3 N–H and O–H groups in total. The van der Waals surface area contributed by atoms with Crippen LogP contribution in [0.5, 0.6) is 0 Å².